The molecule has 1 saturated heterocycles. The summed E-state index contributed by atoms with van der Waals surface area (Å²) in [5.74, 6) is 0.129. The lowest BCUT2D eigenvalue weighted by molar-refractivity contribution is -0.127. The van der Waals surface area contributed by atoms with E-state index in [-0.39, 0.29) is 11.4 Å². The topological polar surface area (TPSA) is 46.1 Å². The summed E-state index contributed by atoms with van der Waals surface area (Å²) in [6.07, 6.45) is 7.25. The average Bonchev–Trinajstić information content (AvgIpc) is 2.83. The highest BCUT2D eigenvalue weighted by atomic mass is 16.2. The van der Waals surface area contributed by atoms with Crippen LogP contribution in [0.5, 0.6) is 0 Å². The molecule has 4 nitrogen and oxygen atoms in total. The van der Waals surface area contributed by atoms with E-state index < -0.39 is 0 Å². The average molecular weight is 235 g/mol. The number of amides is 1. The van der Waals surface area contributed by atoms with Gasteiger partial charge in [0.15, 0.2) is 0 Å². The second-order valence-electron chi connectivity index (χ2n) is 4.89. The molecule has 1 fully saturated rings. The van der Waals surface area contributed by atoms with E-state index in [0.29, 0.717) is 6.54 Å². The minimum Gasteiger partial charge on any atom is -0.353 e. The zero-order chi connectivity index (χ0) is 12.1. The van der Waals surface area contributed by atoms with Gasteiger partial charge in [-0.15, -0.1) is 0 Å². The van der Waals surface area contributed by atoms with Gasteiger partial charge in [0.2, 0.25) is 5.91 Å². The SMILES string of the molecule is CC1(C(=O)NCCn2cccc2)CCCCN1. The highest BCUT2D eigenvalue weighted by Crippen LogP contribution is 2.18. The number of rotatable bonds is 4. The first-order chi connectivity index (χ1) is 8.21. The summed E-state index contributed by atoms with van der Waals surface area (Å²) in [4.78, 5) is 12.1. The molecule has 0 radical (unpaired) electrons. The van der Waals surface area contributed by atoms with Gasteiger partial charge in [0, 0.05) is 25.5 Å². The molecule has 4 heteroatoms. The predicted molar refractivity (Wildman–Crippen MR) is 67.7 cm³/mol. The minimum atomic E-state index is -0.366. The second kappa shape index (κ2) is 5.36. The van der Waals surface area contributed by atoms with Crippen molar-refractivity contribution in [2.24, 2.45) is 0 Å². The Morgan fingerprint density at radius 1 is 1.41 bits per heavy atom. The van der Waals surface area contributed by atoms with Crippen LogP contribution in [0, 0.1) is 0 Å². The number of hydrogen-bond acceptors (Lipinski definition) is 2. The van der Waals surface area contributed by atoms with Crippen LogP contribution in [0.2, 0.25) is 0 Å². The Hall–Kier alpha value is -1.29. The van der Waals surface area contributed by atoms with E-state index in [4.69, 9.17) is 0 Å². The molecular weight excluding hydrogens is 214 g/mol. The fourth-order valence-corrected chi connectivity index (χ4v) is 2.26. The highest BCUT2D eigenvalue weighted by Gasteiger charge is 2.33. The molecule has 1 atom stereocenters. The molecule has 1 aromatic rings. The van der Waals surface area contributed by atoms with Crippen LogP contribution in [-0.4, -0.2) is 29.1 Å². The minimum absolute atomic E-state index is 0.129. The van der Waals surface area contributed by atoms with Crippen LogP contribution < -0.4 is 10.6 Å². The normalized spacial score (nSPS) is 24.5. The summed E-state index contributed by atoms with van der Waals surface area (Å²) in [6.45, 7) is 4.46. The zero-order valence-corrected chi connectivity index (χ0v) is 10.4. The third-order valence-corrected chi connectivity index (χ3v) is 3.44. The van der Waals surface area contributed by atoms with Gasteiger partial charge in [-0.05, 0) is 44.9 Å². The maximum atomic E-state index is 12.1. The fourth-order valence-electron chi connectivity index (χ4n) is 2.26. The van der Waals surface area contributed by atoms with Gasteiger partial charge in [0.1, 0.15) is 0 Å². The van der Waals surface area contributed by atoms with E-state index in [1.165, 1.54) is 6.42 Å². The number of nitrogens with one attached hydrogen (secondary N) is 2. The summed E-state index contributed by atoms with van der Waals surface area (Å²) >= 11 is 0. The number of nitrogens with zero attached hydrogens (tertiary/aromatic N) is 1. The van der Waals surface area contributed by atoms with Gasteiger partial charge in [-0.2, -0.15) is 0 Å². The van der Waals surface area contributed by atoms with Crippen molar-refractivity contribution in [1.29, 1.82) is 0 Å². The molecule has 2 rings (SSSR count). The van der Waals surface area contributed by atoms with E-state index >= 15 is 0 Å². The Bertz CT molecular complexity index is 353. The van der Waals surface area contributed by atoms with Gasteiger partial charge in [0.05, 0.1) is 5.54 Å². The lowest BCUT2D eigenvalue weighted by Gasteiger charge is -2.33. The predicted octanol–water partition coefficient (Wildman–Crippen LogP) is 1.14. The monoisotopic (exact) mass is 235 g/mol. The van der Waals surface area contributed by atoms with E-state index in [1.807, 2.05) is 31.5 Å². The molecule has 0 spiro atoms. The maximum absolute atomic E-state index is 12.1. The van der Waals surface area contributed by atoms with Crippen molar-refractivity contribution in [3.63, 3.8) is 0 Å². The van der Waals surface area contributed by atoms with Crippen LogP contribution in [0.1, 0.15) is 26.2 Å². The van der Waals surface area contributed by atoms with Crippen LogP contribution >= 0.6 is 0 Å². The van der Waals surface area contributed by atoms with Crippen molar-refractivity contribution in [3.05, 3.63) is 24.5 Å². The zero-order valence-electron chi connectivity index (χ0n) is 10.4. The van der Waals surface area contributed by atoms with Crippen molar-refractivity contribution in [2.45, 2.75) is 38.3 Å². The summed E-state index contributed by atoms with van der Waals surface area (Å²) < 4.78 is 2.07. The van der Waals surface area contributed by atoms with Crippen molar-refractivity contribution in [3.8, 4) is 0 Å². The molecular formula is C13H21N3O. The maximum Gasteiger partial charge on any atom is 0.240 e. The lowest BCUT2D eigenvalue weighted by atomic mass is 9.90. The largest absolute Gasteiger partial charge is 0.353 e. The van der Waals surface area contributed by atoms with Crippen LogP contribution in [0.25, 0.3) is 0 Å². The Morgan fingerprint density at radius 2 is 2.18 bits per heavy atom. The standard InChI is InChI=1S/C13H21N3O/c1-13(6-2-3-7-15-13)12(17)14-8-11-16-9-4-5-10-16/h4-5,9-10,15H,2-3,6-8,11H2,1H3,(H,14,17). The molecule has 0 bridgehead atoms. The van der Waals surface area contributed by atoms with Crippen LogP contribution in [-0.2, 0) is 11.3 Å². The fraction of sp³-hybridized carbons (Fsp3) is 0.615. The van der Waals surface area contributed by atoms with E-state index in [2.05, 4.69) is 15.2 Å². The molecule has 1 unspecified atom stereocenters. The highest BCUT2D eigenvalue weighted by molar-refractivity contribution is 5.85. The smallest absolute Gasteiger partial charge is 0.240 e. The molecule has 1 aromatic heterocycles. The van der Waals surface area contributed by atoms with Crippen LogP contribution in [0.4, 0.5) is 0 Å². The molecule has 1 aliphatic heterocycles. The number of carbonyl (C=O) groups is 1. The molecule has 2 N–H and O–H groups in total. The van der Waals surface area contributed by atoms with E-state index in [0.717, 1.165) is 25.9 Å². The molecule has 0 aliphatic carbocycles. The quantitative estimate of drug-likeness (QED) is 0.822. The molecule has 2 heterocycles. The summed E-state index contributed by atoms with van der Waals surface area (Å²) in [7, 11) is 0. The van der Waals surface area contributed by atoms with Crippen molar-refractivity contribution in [1.82, 2.24) is 15.2 Å². The van der Waals surface area contributed by atoms with Gasteiger partial charge >= 0.3 is 0 Å². The molecule has 1 amide bonds. The number of piperidine rings is 1. The first-order valence-corrected chi connectivity index (χ1v) is 6.35. The number of aromatic nitrogens is 1. The molecule has 0 saturated carbocycles. The molecule has 94 valence electrons. The van der Waals surface area contributed by atoms with Crippen LogP contribution in [0.15, 0.2) is 24.5 Å². The van der Waals surface area contributed by atoms with Crippen LogP contribution in [0.3, 0.4) is 0 Å². The summed E-state index contributed by atoms with van der Waals surface area (Å²) in [5.41, 5.74) is -0.366. The molecule has 1 aliphatic rings. The van der Waals surface area contributed by atoms with Crippen molar-refractivity contribution < 1.29 is 4.79 Å². The Morgan fingerprint density at radius 3 is 2.82 bits per heavy atom. The third-order valence-electron chi connectivity index (χ3n) is 3.44. The van der Waals surface area contributed by atoms with Gasteiger partial charge in [-0.1, -0.05) is 0 Å². The number of carbonyl (C=O) groups excluding carboxylic acids is 1. The molecule has 17 heavy (non-hydrogen) atoms. The Labute approximate surface area is 102 Å². The summed E-state index contributed by atoms with van der Waals surface area (Å²) in [5, 5.41) is 6.33. The van der Waals surface area contributed by atoms with E-state index in [9.17, 15) is 4.79 Å². The first-order valence-electron chi connectivity index (χ1n) is 6.35. The van der Waals surface area contributed by atoms with E-state index in [1.54, 1.807) is 0 Å². The molecule has 0 aromatic carbocycles. The first kappa shape index (κ1) is 12.2. The Kier molecular flexibility index (Phi) is 3.84. The third kappa shape index (κ3) is 3.09. The van der Waals surface area contributed by atoms with Gasteiger partial charge < -0.3 is 15.2 Å². The van der Waals surface area contributed by atoms with Gasteiger partial charge in [-0.25, -0.2) is 0 Å². The van der Waals surface area contributed by atoms with Gasteiger partial charge in [0.25, 0.3) is 0 Å². The van der Waals surface area contributed by atoms with Crippen molar-refractivity contribution >= 4 is 5.91 Å². The summed E-state index contributed by atoms with van der Waals surface area (Å²) in [6, 6.07) is 3.98. The van der Waals surface area contributed by atoms with Crippen molar-refractivity contribution in [2.75, 3.05) is 13.1 Å². The lowest BCUT2D eigenvalue weighted by Crippen LogP contribution is -2.57. The van der Waals surface area contributed by atoms with Gasteiger partial charge in [-0.3, -0.25) is 4.79 Å². The Balaban J connectivity index is 1.76. The second-order valence-corrected chi connectivity index (χ2v) is 4.89. The number of hydrogen-bond donors (Lipinski definition) is 2.